The second kappa shape index (κ2) is 10.1. The number of aromatic nitrogens is 2. The van der Waals surface area contributed by atoms with E-state index in [-0.39, 0.29) is 28.8 Å². The molecule has 172 valence electrons. The zero-order valence-corrected chi connectivity index (χ0v) is 19.4. The van der Waals surface area contributed by atoms with E-state index in [4.69, 9.17) is 17.0 Å². The molecule has 0 atom stereocenters. The number of methoxy groups -OCH3 is 1. The number of nitrogens with one attached hydrogen (secondary N) is 2. The van der Waals surface area contributed by atoms with Gasteiger partial charge < -0.3 is 15.0 Å². The molecule has 1 aliphatic carbocycles. The molecule has 1 aliphatic rings. The van der Waals surface area contributed by atoms with E-state index >= 15 is 0 Å². The van der Waals surface area contributed by atoms with Crippen LogP contribution in [0.4, 0.5) is 0 Å². The SMILES string of the molecule is COC(=O)c1ccc2c(=O)n(Cc3ccc(C(=O)NC4CCCCCC4)cc3)c(=S)[nH]c2c1. The van der Waals surface area contributed by atoms with Gasteiger partial charge in [0, 0.05) is 11.6 Å². The molecule has 8 heteroatoms. The van der Waals surface area contributed by atoms with E-state index in [9.17, 15) is 14.4 Å². The predicted molar refractivity (Wildman–Crippen MR) is 129 cm³/mol. The molecular weight excluding hydrogens is 438 g/mol. The lowest BCUT2D eigenvalue weighted by Crippen LogP contribution is -2.34. The van der Waals surface area contributed by atoms with Crippen molar-refractivity contribution in [3.63, 3.8) is 0 Å². The molecule has 1 saturated carbocycles. The lowest BCUT2D eigenvalue weighted by atomic mass is 10.1. The molecule has 3 aromatic rings. The van der Waals surface area contributed by atoms with Crippen molar-refractivity contribution in [2.45, 2.75) is 51.1 Å². The van der Waals surface area contributed by atoms with Crippen molar-refractivity contribution >= 4 is 35.0 Å². The zero-order chi connectivity index (χ0) is 23.4. The molecular formula is C25H27N3O4S. The van der Waals surface area contributed by atoms with Crippen LogP contribution in [0.3, 0.4) is 0 Å². The Morgan fingerprint density at radius 2 is 1.73 bits per heavy atom. The van der Waals surface area contributed by atoms with E-state index in [0.29, 0.717) is 22.0 Å². The Morgan fingerprint density at radius 1 is 1.06 bits per heavy atom. The summed E-state index contributed by atoms with van der Waals surface area (Å²) in [5.41, 5.74) is 2.03. The Kier molecular flexibility index (Phi) is 7.03. The van der Waals surface area contributed by atoms with E-state index < -0.39 is 5.97 Å². The van der Waals surface area contributed by atoms with Gasteiger partial charge in [0.2, 0.25) is 0 Å². The number of esters is 1. The Bertz CT molecular complexity index is 1290. The number of benzene rings is 2. The van der Waals surface area contributed by atoms with Crippen molar-refractivity contribution in [3.8, 4) is 0 Å². The summed E-state index contributed by atoms with van der Waals surface area (Å²) >= 11 is 5.40. The number of hydrogen-bond donors (Lipinski definition) is 2. The summed E-state index contributed by atoms with van der Waals surface area (Å²) in [5, 5.41) is 3.58. The number of fused-ring (bicyclic) bond motifs is 1. The summed E-state index contributed by atoms with van der Waals surface area (Å²) in [6, 6.07) is 12.2. The molecule has 0 radical (unpaired) electrons. The highest BCUT2D eigenvalue weighted by Crippen LogP contribution is 2.18. The zero-order valence-electron chi connectivity index (χ0n) is 18.6. The number of carbonyl (C=O) groups is 2. The predicted octanol–water partition coefficient (Wildman–Crippen LogP) is 4.35. The highest BCUT2D eigenvalue weighted by Gasteiger charge is 2.16. The Hall–Kier alpha value is -3.26. The van der Waals surface area contributed by atoms with Gasteiger partial charge in [-0.1, -0.05) is 37.8 Å². The maximum absolute atomic E-state index is 13.0. The fourth-order valence-corrected chi connectivity index (χ4v) is 4.54. The van der Waals surface area contributed by atoms with Gasteiger partial charge in [-0.3, -0.25) is 14.2 Å². The van der Waals surface area contributed by atoms with E-state index in [1.807, 2.05) is 12.1 Å². The van der Waals surface area contributed by atoms with Crippen LogP contribution < -0.4 is 10.9 Å². The van der Waals surface area contributed by atoms with Crippen molar-refractivity contribution in [2.75, 3.05) is 7.11 Å². The van der Waals surface area contributed by atoms with Gasteiger partial charge in [-0.05, 0) is 61.0 Å². The molecule has 1 aromatic heterocycles. The van der Waals surface area contributed by atoms with Crippen LogP contribution in [0, 0.1) is 4.77 Å². The van der Waals surface area contributed by atoms with Crippen molar-refractivity contribution in [3.05, 3.63) is 74.3 Å². The third-order valence-corrected chi connectivity index (χ3v) is 6.47. The molecule has 1 heterocycles. The standard InChI is InChI=1S/C25H27N3O4S/c1-32-24(31)18-12-13-20-21(14-18)27-25(33)28(23(20)30)15-16-8-10-17(11-9-16)22(29)26-19-6-4-2-3-5-7-19/h8-14,19H,2-7,15H2,1H3,(H,26,29)(H,27,33). The van der Waals surface area contributed by atoms with E-state index in [1.54, 1.807) is 30.3 Å². The van der Waals surface area contributed by atoms with Crippen LogP contribution in [0.2, 0.25) is 0 Å². The molecule has 1 fully saturated rings. The summed E-state index contributed by atoms with van der Waals surface area (Å²) in [6.07, 6.45) is 6.87. The third-order valence-electron chi connectivity index (χ3n) is 6.15. The van der Waals surface area contributed by atoms with E-state index in [1.165, 1.54) is 24.5 Å². The van der Waals surface area contributed by atoms with Crippen molar-refractivity contribution in [1.82, 2.24) is 14.9 Å². The van der Waals surface area contributed by atoms with Gasteiger partial charge in [-0.25, -0.2) is 4.79 Å². The molecule has 0 saturated heterocycles. The molecule has 4 rings (SSSR count). The highest BCUT2D eigenvalue weighted by molar-refractivity contribution is 7.71. The summed E-state index contributed by atoms with van der Waals surface area (Å²) in [5.74, 6) is -0.543. The summed E-state index contributed by atoms with van der Waals surface area (Å²) in [6.45, 7) is 0.271. The fraction of sp³-hybridized carbons (Fsp3) is 0.360. The first kappa shape index (κ1) is 22.9. The Labute approximate surface area is 196 Å². The van der Waals surface area contributed by atoms with Crippen LogP contribution in [0.5, 0.6) is 0 Å². The minimum absolute atomic E-state index is 0.0602. The number of H-pyrrole nitrogens is 1. The maximum Gasteiger partial charge on any atom is 0.337 e. The number of carbonyl (C=O) groups excluding carboxylic acids is 2. The minimum Gasteiger partial charge on any atom is -0.465 e. The molecule has 0 aliphatic heterocycles. The van der Waals surface area contributed by atoms with Gasteiger partial charge in [-0.15, -0.1) is 0 Å². The van der Waals surface area contributed by atoms with Gasteiger partial charge >= 0.3 is 5.97 Å². The average molecular weight is 466 g/mol. The summed E-state index contributed by atoms with van der Waals surface area (Å²) < 4.78 is 6.45. The summed E-state index contributed by atoms with van der Waals surface area (Å²) in [7, 11) is 1.30. The van der Waals surface area contributed by atoms with Crippen LogP contribution in [0.15, 0.2) is 47.3 Å². The van der Waals surface area contributed by atoms with Crippen LogP contribution >= 0.6 is 12.2 Å². The normalized spacial score (nSPS) is 14.6. The molecule has 33 heavy (non-hydrogen) atoms. The number of rotatable bonds is 5. The van der Waals surface area contributed by atoms with Crippen molar-refractivity contribution in [2.24, 2.45) is 0 Å². The molecule has 7 nitrogen and oxygen atoms in total. The maximum atomic E-state index is 13.0. The monoisotopic (exact) mass is 465 g/mol. The van der Waals surface area contributed by atoms with E-state index in [0.717, 1.165) is 31.2 Å². The Balaban J connectivity index is 1.52. The number of amides is 1. The lowest BCUT2D eigenvalue weighted by Gasteiger charge is -2.16. The molecule has 1 amide bonds. The molecule has 2 N–H and O–H groups in total. The first-order valence-corrected chi connectivity index (χ1v) is 11.6. The number of aromatic amines is 1. The molecule has 0 bridgehead atoms. The highest BCUT2D eigenvalue weighted by atomic mass is 32.1. The third kappa shape index (κ3) is 5.22. The topological polar surface area (TPSA) is 93.2 Å². The largest absolute Gasteiger partial charge is 0.465 e. The lowest BCUT2D eigenvalue weighted by molar-refractivity contribution is 0.0600. The van der Waals surface area contributed by atoms with Gasteiger partial charge in [0.05, 0.1) is 30.1 Å². The van der Waals surface area contributed by atoms with Crippen LogP contribution in [-0.4, -0.2) is 34.6 Å². The van der Waals surface area contributed by atoms with Gasteiger partial charge in [-0.2, -0.15) is 0 Å². The summed E-state index contributed by atoms with van der Waals surface area (Å²) in [4.78, 5) is 40.4. The average Bonchev–Trinajstić information content (AvgIpc) is 3.10. The van der Waals surface area contributed by atoms with Crippen molar-refractivity contribution < 1.29 is 14.3 Å². The first-order valence-electron chi connectivity index (χ1n) is 11.2. The molecule has 0 unspecified atom stereocenters. The second-order valence-electron chi connectivity index (χ2n) is 8.43. The first-order chi connectivity index (χ1) is 16.0. The van der Waals surface area contributed by atoms with Crippen LogP contribution in [-0.2, 0) is 11.3 Å². The molecule has 0 spiro atoms. The van der Waals surface area contributed by atoms with E-state index in [2.05, 4.69) is 10.3 Å². The number of ether oxygens (including phenoxy) is 1. The van der Waals surface area contributed by atoms with Crippen molar-refractivity contribution in [1.29, 1.82) is 0 Å². The van der Waals surface area contributed by atoms with Gasteiger partial charge in [0.15, 0.2) is 4.77 Å². The fourth-order valence-electron chi connectivity index (χ4n) is 4.28. The smallest absolute Gasteiger partial charge is 0.337 e. The van der Waals surface area contributed by atoms with Gasteiger partial charge in [0.25, 0.3) is 11.5 Å². The molecule has 2 aromatic carbocycles. The van der Waals surface area contributed by atoms with Crippen LogP contribution in [0.1, 0.15) is 64.8 Å². The van der Waals surface area contributed by atoms with Gasteiger partial charge in [0.1, 0.15) is 0 Å². The quantitative estimate of drug-likeness (QED) is 0.332. The van der Waals surface area contributed by atoms with Crippen LogP contribution in [0.25, 0.3) is 10.9 Å². The number of nitrogens with zero attached hydrogens (tertiary/aromatic N) is 1. The minimum atomic E-state index is -0.483. The Morgan fingerprint density at radius 3 is 2.39 bits per heavy atom. The number of hydrogen-bond acceptors (Lipinski definition) is 5. The second-order valence-corrected chi connectivity index (χ2v) is 8.82.